The van der Waals surface area contributed by atoms with Gasteiger partial charge in [0.15, 0.2) is 5.82 Å². The lowest BCUT2D eigenvalue weighted by Gasteiger charge is -2.11. The third-order valence-corrected chi connectivity index (χ3v) is 4.39. The molecular formula is C22H19N3O. The molecule has 4 rings (SSSR count). The van der Waals surface area contributed by atoms with Gasteiger partial charge in [-0.25, -0.2) is 0 Å². The van der Waals surface area contributed by atoms with Crippen LogP contribution in [0.1, 0.15) is 5.82 Å². The first-order chi connectivity index (χ1) is 12.8. The molecule has 0 aliphatic carbocycles. The molecule has 0 saturated carbocycles. The van der Waals surface area contributed by atoms with Crippen LogP contribution in [-0.4, -0.2) is 21.9 Å². The molecule has 0 unspecified atom stereocenters. The van der Waals surface area contributed by atoms with Gasteiger partial charge in [0, 0.05) is 11.6 Å². The molecule has 0 spiro atoms. The minimum atomic E-state index is 0.806. The zero-order valence-corrected chi connectivity index (χ0v) is 14.8. The highest BCUT2D eigenvalue weighted by Gasteiger charge is 2.13. The summed E-state index contributed by atoms with van der Waals surface area (Å²) in [4.78, 5) is 0. The van der Waals surface area contributed by atoms with Gasteiger partial charge in [-0.1, -0.05) is 60.7 Å². The topological polar surface area (TPSA) is 39.9 Å². The van der Waals surface area contributed by atoms with E-state index >= 15 is 0 Å². The van der Waals surface area contributed by atoms with E-state index in [9.17, 15) is 0 Å². The van der Waals surface area contributed by atoms with E-state index in [-0.39, 0.29) is 0 Å². The summed E-state index contributed by atoms with van der Waals surface area (Å²) in [7, 11) is 1.67. The number of aryl methyl sites for hydroxylation is 1. The number of hydrogen-bond donors (Lipinski definition) is 0. The minimum Gasteiger partial charge on any atom is -0.497 e. The van der Waals surface area contributed by atoms with Crippen molar-refractivity contribution in [2.45, 2.75) is 6.92 Å². The molecule has 26 heavy (non-hydrogen) atoms. The van der Waals surface area contributed by atoms with Crippen molar-refractivity contribution in [1.29, 1.82) is 0 Å². The molecule has 128 valence electrons. The summed E-state index contributed by atoms with van der Waals surface area (Å²) in [6.07, 6.45) is 0. The molecule has 0 atom stereocenters. The van der Waals surface area contributed by atoms with Gasteiger partial charge in [-0.15, -0.1) is 10.2 Å². The lowest BCUT2D eigenvalue weighted by Crippen LogP contribution is -2.00. The summed E-state index contributed by atoms with van der Waals surface area (Å²) in [5.74, 6) is 2.46. The maximum atomic E-state index is 5.35. The van der Waals surface area contributed by atoms with Gasteiger partial charge >= 0.3 is 0 Å². The van der Waals surface area contributed by atoms with E-state index in [2.05, 4.69) is 46.6 Å². The fraction of sp³-hybridized carbons (Fsp3) is 0.0909. The lowest BCUT2D eigenvalue weighted by atomic mass is 10.0. The molecule has 0 amide bonds. The van der Waals surface area contributed by atoms with E-state index in [0.717, 1.165) is 28.6 Å². The molecule has 0 fully saturated rings. The Bertz CT molecular complexity index is 1020. The summed E-state index contributed by atoms with van der Waals surface area (Å²) in [6.45, 7) is 1.95. The Labute approximate surface area is 152 Å². The summed E-state index contributed by atoms with van der Waals surface area (Å²) >= 11 is 0. The van der Waals surface area contributed by atoms with Crippen molar-refractivity contribution in [3.63, 3.8) is 0 Å². The maximum absolute atomic E-state index is 5.35. The van der Waals surface area contributed by atoms with Crippen molar-refractivity contribution in [1.82, 2.24) is 14.8 Å². The smallest absolute Gasteiger partial charge is 0.168 e. The van der Waals surface area contributed by atoms with Crippen LogP contribution < -0.4 is 4.74 Å². The normalized spacial score (nSPS) is 10.7. The molecule has 0 radical (unpaired) electrons. The quantitative estimate of drug-likeness (QED) is 0.529. The van der Waals surface area contributed by atoms with Crippen LogP contribution in [0, 0.1) is 6.92 Å². The van der Waals surface area contributed by atoms with Crippen molar-refractivity contribution in [2.24, 2.45) is 0 Å². The summed E-state index contributed by atoms with van der Waals surface area (Å²) in [5, 5.41) is 8.67. The van der Waals surface area contributed by atoms with Crippen LogP contribution in [0.15, 0.2) is 78.9 Å². The van der Waals surface area contributed by atoms with Gasteiger partial charge in [0.1, 0.15) is 11.6 Å². The Morgan fingerprint density at radius 1 is 0.731 bits per heavy atom. The Balaban J connectivity index is 1.75. The van der Waals surface area contributed by atoms with Crippen LogP contribution in [-0.2, 0) is 0 Å². The Morgan fingerprint density at radius 3 is 2.15 bits per heavy atom. The lowest BCUT2D eigenvalue weighted by molar-refractivity contribution is 0.414. The molecule has 0 aliphatic rings. The average Bonchev–Trinajstić information content (AvgIpc) is 3.10. The summed E-state index contributed by atoms with van der Waals surface area (Å²) in [5.41, 5.74) is 4.38. The molecule has 4 aromatic rings. The van der Waals surface area contributed by atoms with Crippen molar-refractivity contribution in [3.05, 3.63) is 84.7 Å². The van der Waals surface area contributed by atoms with Crippen LogP contribution in [0.4, 0.5) is 0 Å². The van der Waals surface area contributed by atoms with E-state index in [4.69, 9.17) is 4.74 Å². The number of rotatable bonds is 4. The largest absolute Gasteiger partial charge is 0.497 e. The van der Waals surface area contributed by atoms with Crippen LogP contribution in [0.3, 0.4) is 0 Å². The third-order valence-electron chi connectivity index (χ3n) is 4.39. The molecule has 0 saturated heterocycles. The molecule has 4 nitrogen and oxygen atoms in total. The number of benzene rings is 3. The van der Waals surface area contributed by atoms with E-state index < -0.39 is 0 Å². The zero-order valence-electron chi connectivity index (χ0n) is 14.8. The first-order valence-electron chi connectivity index (χ1n) is 8.48. The fourth-order valence-electron chi connectivity index (χ4n) is 3.05. The van der Waals surface area contributed by atoms with Gasteiger partial charge in [0.25, 0.3) is 0 Å². The highest BCUT2D eigenvalue weighted by Crippen LogP contribution is 2.27. The van der Waals surface area contributed by atoms with Gasteiger partial charge in [0.2, 0.25) is 0 Å². The minimum absolute atomic E-state index is 0.806. The predicted molar refractivity (Wildman–Crippen MR) is 104 cm³/mol. The second-order valence-electron chi connectivity index (χ2n) is 6.05. The van der Waals surface area contributed by atoms with Crippen molar-refractivity contribution >= 4 is 0 Å². The predicted octanol–water partition coefficient (Wildman–Crippen LogP) is 4.92. The highest BCUT2D eigenvalue weighted by atomic mass is 16.5. The van der Waals surface area contributed by atoms with Gasteiger partial charge in [-0.05, 0) is 30.2 Å². The SMILES string of the molecule is COc1cccc(-n2c(C)nnc2-c2ccc(-c3ccccc3)cc2)c1. The van der Waals surface area contributed by atoms with Gasteiger partial charge < -0.3 is 4.74 Å². The van der Waals surface area contributed by atoms with Gasteiger partial charge in [-0.3, -0.25) is 4.57 Å². The van der Waals surface area contributed by atoms with Crippen molar-refractivity contribution < 1.29 is 4.74 Å². The second kappa shape index (κ2) is 6.84. The van der Waals surface area contributed by atoms with Crippen molar-refractivity contribution in [2.75, 3.05) is 7.11 Å². The van der Waals surface area contributed by atoms with E-state index in [0.29, 0.717) is 0 Å². The second-order valence-corrected chi connectivity index (χ2v) is 6.05. The molecule has 4 heteroatoms. The van der Waals surface area contributed by atoms with E-state index in [1.54, 1.807) is 7.11 Å². The molecule has 0 aliphatic heterocycles. The average molecular weight is 341 g/mol. The fourth-order valence-corrected chi connectivity index (χ4v) is 3.05. The molecular weight excluding hydrogens is 322 g/mol. The first-order valence-corrected chi connectivity index (χ1v) is 8.48. The highest BCUT2D eigenvalue weighted by molar-refractivity contribution is 5.68. The Morgan fingerprint density at radius 2 is 1.42 bits per heavy atom. The van der Waals surface area contributed by atoms with Crippen LogP contribution >= 0.6 is 0 Å². The van der Waals surface area contributed by atoms with Crippen LogP contribution in [0.2, 0.25) is 0 Å². The first kappa shape index (κ1) is 16.1. The molecule has 0 N–H and O–H groups in total. The van der Waals surface area contributed by atoms with Gasteiger partial charge in [-0.2, -0.15) is 0 Å². The van der Waals surface area contributed by atoms with Crippen LogP contribution in [0.25, 0.3) is 28.2 Å². The number of nitrogens with zero attached hydrogens (tertiary/aromatic N) is 3. The van der Waals surface area contributed by atoms with Crippen LogP contribution in [0.5, 0.6) is 5.75 Å². The standard InChI is InChI=1S/C22H19N3O/c1-16-23-24-22(25(16)20-9-6-10-21(15-20)26-2)19-13-11-18(12-14-19)17-7-4-3-5-8-17/h3-15H,1-2H3. The number of ether oxygens (including phenoxy) is 1. The third kappa shape index (κ3) is 2.97. The molecule has 3 aromatic carbocycles. The number of aromatic nitrogens is 3. The van der Waals surface area contributed by atoms with Gasteiger partial charge in [0.05, 0.1) is 12.8 Å². The van der Waals surface area contributed by atoms with E-state index in [1.807, 2.05) is 54.0 Å². The summed E-state index contributed by atoms with van der Waals surface area (Å²) < 4.78 is 7.39. The molecule has 1 heterocycles. The zero-order chi connectivity index (χ0) is 17.9. The molecule has 1 aromatic heterocycles. The number of methoxy groups -OCH3 is 1. The summed E-state index contributed by atoms with van der Waals surface area (Å²) in [6, 6.07) is 26.7. The number of hydrogen-bond acceptors (Lipinski definition) is 3. The molecule has 0 bridgehead atoms. The van der Waals surface area contributed by atoms with E-state index in [1.165, 1.54) is 11.1 Å². The Hall–Kier alpha value is -3.40. The monoisotopic (exact) mass is 341 g/mol. The maximum Gasteiger partial charge on any atom is 0.168 e. The Kier molecular flexibility index (Phi) is 4.23. The van der Waals surface area contributed by atoms with Crippen molar-refractivity contribution in [3.8, 4) is 34.0 Å².